The molecular formula is C17H31N3O2S. The number of sulfone groups is 1. The zero-order valence-electron chi connectivity index (χ0n) is 15.2. The lowest BCUT2D eigenvalue weighted by molar-refractivity contribution is 0.294. The minimum Gasteiger partial charge on any atom is -0.300 e. The van der Waals surface area contributed by atoms with Gasteiger partial charge in [-0.2, -0.15) is 5.10 Å². The average molecular weight is 342 g/mol. The summed E-state index contributed by atoms with van der Waals surface area (Å²) < 4.78 is 25.0. The van der Waals surface area contributed by atoms with E-state index in [1.165, 1.54) is 49.6 Å². The van der Waals surface area contributed by atoms with Gasteiger partial charge in [0.1, 0.15) is 0 Å². The van der Waals surface area contributed by atoms with Crippen LogP contribution in [0.4, 0.5) is 0 Å². The highest BCUT2D eigenvalue weighted by atomic mass is 32.2. The largest absolute Gasteiger partial charge is 0.300 e. The summed E-state index contributed by atoms with van der Waals surface area (Å²) in [6.07, 6.45) is 9.77. The van der Waals surface area contributed by atoms with Crippen molar-refractivity contribution in [3.05, 3.63) is 17.5 Å². The van der Waals surface area contributed by atoms with E-state index in [4.69, 9.17) is 5.10 Å². The van der Waals surface area contributed by atoms with E-state index in [0.29, 0.717) is 12.5 Å². The summed E-state index contributed by atoms with van der Waals surface area (Å²) in [6.45, 7) is 4.86. The van der Waals surface area contributed by atoms with E-state index in [-0.39, 0.29) is 0 Å². The molecule has 1 heterocycles. The van der Waals surface area contributed by atoms with Crippen LogP contribution in [-0.2, 0) is 23.4 Å². The Morgan fingerprint density at radius 3 is 2.48 bits per heavy atom. The molecule has 0 spiro atoms. The molecule has 1 saturated carbocycles. The summed E-state index contributed by atoms with van der Waals surface area (Å²) in [4.78, 5) is 2.10. The molecule has 5 nitrogen and oxygen atoms in total. The molecule has 0 N–H and O–H groups in total. The van der Waals surface area contributed by atoms with Crippen LogP contribution in [-0.4, -0.2) is 47.7 Å². The quantitative estimate of drug-likeness (QED) is 0.798. The van der Waals surface area contributed by atoms with Crippen molar-refractivity contribution in [1.82, 2.24) is 14.7 Å². The fourth-order valence-corrected chi connectivity index (χ4v) is 3.97. The Morgan fingerprint density at radius 1 is 1.30 bits per heavy atom. The van der Waals surface area contributed by atoms with Crippen molar-refractivity contribution < 1.29 is 8.42 Å². The monoisotopic (exact) mass is 341 g/mol. The molecule has 132 valence electrons. The van der Waals surface area contributed by atoms with Gasteiger partial charge in [-0.05, 0) is 33.7 Å². The molecule has 0 saturated heterocycles. The second kappa shape index (κ2) is 6.93. The second-order valence-electron chi connectivity index (χ2n) is 7.75. The maximum atomic E-state index is 11.9. The zero-order chi connectivity index (χ0) is 17.3. The molecule has 1 aromatic rings. The van der Waals surface area contributed by atoms with Gasteiger partial charge in [-0.1, -0.05) is 19.3 Å². The Morgan fingerprint density at radius 2 is 1.91 bits per heavy atom. The summed E-state index contributed by atoms with van der Waals surface area (Å²) in [6, 6.07) is 0. The first-order valence-electron chi connectivity index (χ1n) is 8.51. The van der Waals surface area contributed by atoms with E-state index in [2.05, 4.69) is 11.1 Å². The predicted octanol–water partition coefficient (Wildman–Crippen LogP) is 2.72. The Labute approximate surface area is 141 Å². The van der Waals surface area contributed by atoms with Crippen molar-refractivity contribution in [2.45, 2.75) is 63.2 Å². The molecule has 0 bridgehead atoms. The first-order chi connectivity index (χ1) is 10.6. The van der Waals surface area contributed by atoms with Crippen LogP contribution >= 0.6 is 0 Å². The molecule has 6 heteroatoms. The van der Waals surface area contributed by atoms with E-state index >= 15 is 0 Å². The maximum Gasteiger partial charge on any atom is 0.153 e. The molecular weight excluding hydrogens is 310 g/mol. The molecule has 1 aromatic heterocycles. The van der Waals surface area contributed by atoms with Gasteiger partial charge in [0.15, 0.2) is 9.84 Å². The predicted molar refractivity (Wildman–Crippen MR) is 94.3 cm³/mol. The Bertz CT molecular complexity index is 628. The summed E-state index contributed by atoms with van der Waals surface area (Å²) >= 11 is 0. The number of rotatable bonds is 6. The van der Waals surface area contributed by atoms with Crippen LogP contribution in [0.25, 0.3) is 0 Å². The molecule has 2 rings (SSSR count). The number of hydrogen-bond donors (Lipinski definition) is 0. The molecule has 0 radical (unpaired) electrons. The Kier molecular flexibility index (Phi) is 5.56. The molecule has 0 unspecified atom stereocenters. The molecule has 0 aromatic carbocycles. The van der Waals surface area contributed by atoms with Crippen molar-refractivity contribution in [3.63, 3.8) is 0 Å². The van der Waals surface area contributed by atoms with E-state index < -0.39 is 14.6 Å². The number of hydrogen-bond acceptors (Lipinski definition) is 4. The number of aromatic nitrogens is 2. The minimum atomic E-state index is -3.08. The molecule has 1 aliphatic rings. The lowest BCUT2D eigenvalue weighted by Crippen LogP contribution is -2.42. The van der Waals surface area contributed by atoms with Crippen LogP contribution in [0.1, 0.15) is 63.1 Å². The fourth-order valence-electron chi connectivity index (χ4n) is 3.51. The van der Waals surface area contributed by atoms with Crippen LogP contribution in [0.5, 0.6) is 0 Å². The average Bonchev–Trinajstić information content (AvgIpc) is 2.78. The first kappa shape index (κ1) is 18.5. The topological polar surface area (TPSA) is 55.2 Å². The van der Waals surface area contributed by atoms with E-state index in [1.807, 2.05) is 18.8 Å². The van der Waals surface area contributed by atoms with Gasteiger partial charge >= 0.3 is 0 Å². The highest BCUT2D eigenvalue weighted by Crippen LogP contribution is 2.33. The van der Waals surface area contributed by atoms with Crippen molar-refractivity contribution in [2.75, 3.05) is 19.8 Å². The molecule has 0 atom stereocenters. The third kappa shape index (κ3) is 4.57. The van der Waals surface area contributed by atoms with Gasteiger partial charge in [0.05, 0.1) is 10.4 Å². The maximum absolute atomic E-state index is 11.9. The van der Waals surface area contributed by atoms with Crippen molar-refractivity contribution in [2.24, 2.45) is 7.05 Å². The number of aryl methyl sites for hydroxylation is 1. The molecule has 0 amide bonds. The Hall–Kier alpha value is -0.880. The van der Waals surface area contributed by atoms with E-state index in [9.17, 15) is 8.42 Å². The van der Waals surface area contributed by atoms with Gasteiger partial charge in [0, 0.05) is 44.1 Å². The molecule has 1 aliphatic carbocycles. The van der Waals surface area contributed by atoms with Crippen LogP contribution in [0.15, 0.2) is 6.20 Å². The second-order valence-corrected chi connectivity index (χ2v) is 10.4. The Balaban J connectivity index is 2.10. The SMILES string of the molecule is CN(Cc1cn(C)nc1C1CCCCC1)CC(C)(C)S(C)(=O)=O. The molecule has 0 aliphatic heterocycles. The van der Waals surface area contributed by atoms with E-state index in [0.717, 1.165) is 6.54 Å². The van der Waals surface area contributed by atoms with Gasteiger partial charge in [-0.3, -0.25) is 4.68 Å². The number of nitrogens with zero attached hydrogens (tertiary/aromatic N) is 3. The van der Waals surface area contributed by atoms with Gasteiger partial charge in [0.2, 0.25) is 0 Å². The summed E-state index contributed by atoms with van der Waals surface area (Å²) in [7, 11) is 0.882. The van der Waals surface area contributed by atoms with Crippen LogP contribution < -0.4 is 0 Å². The lowest BCUT2D eigenvalue weighted by atomic mass is 9.85. The van der Waals surface area contributed by atoms with Crippen LogP contribution in [0, 0.1) is 0 Å². The van der Waals surface area contributed by atoms with Crippen molar-refractivity contribution in [1.29, 1.82) is 0 Å². The fraction of sp³-hybridized carbons (Fsp3) is 0.824. The van der Waals surface area contributed by atoms with Gasteiger partial charge in [0.25, 0.3) is 0 Å². The van der Waals surface area contributed by atoms with E-state index in [1.54, 1.807) is 13.8 Å². The smallest absolute Gasteiger partial charge is 0.153 e. The first-order valence-corrected chi connectivity index (χ1v) is 10.4. The zero-order valence-corrected chi connectivity index (χ0v) is 16.0. The normalized spacial score (nSPS) is 17.8. The minimum absolute atomic E-state index is 0.519. The highest BCUT2D eigenvalue weighted by Gasteiger charge is 2.32. The van der Waals surface area contributed by atoms with Crippen molar-refractivity contribution >= 4 is 9.84 Å². The summed E-state index contributed by atoms with van der Waals surface area (Å²) in [5.41, 5.74) is 2.46. The van der Waals surface area contributed by atoms with Crippen LogP contribution in [0.2, 0.25) is 0 Å². The van der Waals surface area contributed by atoms with Crippen molar-refractivity contribution in [3.8, 4) is 0 Å². The highest BCUT2D eigenvalue weighted by molar-refractivity contribution is 7.92. The lowest BCUT2D eigenvalue weighted by Gasteiger charge is -2.29. The third-order valence-electron chi connectivity index (χ3n) is 5.02. The molecule has 23 heavy (non-hydrogen) atoms. The standard InChI is InChI=1S/C17H31N3O2S/c1-17(2,23(5,21)22)13-19(3)11-15-12-20(4)18-16(15)14-9-7-6-8-10-14/h12,14H,6-11,13H2,1-5H3. The molecule has 1 fully saturated rings. The van der Waals surface area contributed by atoms with Gasteiger partial charge < -0.3 is 4.90 Å². The summed E-state index contributed by atoms with van der Waals surface area (Å²) in [5.74, 6) is 0.566. The van der Waals surface area contributed by atoms with Gasteiger partial charge in [-0.15, -0.1) is 0 Å². The summed E-state index contributed by atoms with van der Waals surface area (Å²) in [5, 5.41) is 4.70. The third-order valence-corrected chi connectivity index (χ3v) is 7.16. The van der Waals surface area contributed by atoms with Gasteiger partial charge in [-0.25, -0.2) is 8.42 Å². The van der Waals surface area contributed by atoms with Crippen LogP contribution in [0.3, 0.4) is 0 Å².